The number of aromatic nitrogens is 2. The molecule has 2 atom stereocenters. The molecular formula is C21H26N4OS. The molecule has 3 aromatic rings. The molecule has 1 fully saturated rings. The van der Waals surface area contributed by atoms with Gasteiger partial charge >= 0.3 is 0 Å². The fourth-order valence-corrected chi connectivity index (χ4v) is 4.97. The normalized spacial score (nSPS) is 18.9. The summed E-state index contributed by atoms with van der Waals surface area (Å²) in [6.07, 6.45) is 4.33. The summed E-state index contributed by atoms with van der Waals surface area (Å²) in [4.78, 5) is 21.9. The van der Waals surface area contributed by atoms with Gasteiger partial charge in [-0.3, -0.25) is 9.69 Å². The minimum atomic E-state index is -0.0222. The van der Waals surface area contributed by atoms with Crippen molar-refractivity contribution in [2.24, 2.45) is 7.05 Å². The molecular weight excluding hydrogens is 356 g/mol. The zero-order chi connectivity index (χ0) is 19.0. The summed E-state index contributed by atoms with van der Waals surface area (Å²) < 4.78 is 3.34. The maximum Gasteiger partial charge on any atom is 0.237 e. The standard InChI is InChI=1S/C21H26N4OS/c1-15(21-22-16-8-4-5-11-19(16)27-21)24(3)20(26)14-25-13-7-10-18(25)17-9-6-12-23(17)2/h4-6,8-9,11-12,15,18H,7,10,13-14H2,1-3H3. The molecule has 6 heteroatoms. The Morgan fingerprint density at radius 1 is 1.33 bits per heavy atom. The van der Waals surface area contributed by atoms with E-state index in [1.807, 2.05) is 30.1 Å². The third kappa shape index (κ3) is 3.51. The highest BCUT2D eigenvalue weighted by Gasteiger charge is 2.31. The first-order chi connectivity index (χ1) is 13.0. The number of para-hydroxylation sites is 1. The van der Waals surface area contributed by atoms with Crippen LogP contribution in [0, 0.1) is 0 Å². The van der Waals surface area contributed by atoms with Crippen molar-refractivity contribution >= 4 is 27.5 Å². The Morgan fingerprint density at radius 3 is 2.89 bits per heavy atom. The lowest BCUT2D eigenvalue weighted by Gasteiger charge is -2.29. The summed E-state index contributed by atoms with van der Waals surface area (Å²) in [7, 11) is 3.97. The Morgan fingerprint density at radius 2 is 2.15 bits per heavy atom. The highest BCUT2D eigenvalue weighted by atomic mass is 32.1. The molecule has 4 rings (SSSR count). The molecule has 0 saturated carbocycles. The summed E-state index contributed by atoms with van der Waals surface area (Å²) >= 11 is 1.67. The highest BCUT2D eigenvalue weighted by molar-refractivity contribution is 7.18. The average molecular weight is 383 g/mol. The van der Waals surface area contributed by atoms with Gasteiger partial charge < -0.3 is 9.47 Å². The number of likely N-dealkylation sites (N-methyl/N-ethyl adjacent to an activating group) is 1. The molecule has 142 valence electrons. The second-order valence-electron chi connectivity index (χ2n) is 7.37. The first-order valence-electron chi connectivity index (χ1n) is 9.51. The number of thiazole rings is 1. The number of aryl methyl sites for hydroxylation is 1. The number of fused-ring (bicyclic) bond motifs is 1. The molecule has 0 bridgehead atoms. The van der Waals surface area contributed by atoms with E-state index in [0.717, 1.165) is 29.9 Å². The van der Waals surface area contributed by atoms with Gasteiger partial charge in [0.1, 0.15) is 5.01 Å². The van der Waals surface area contributed by atoms with Crippen LogP contribution < -0.4 is 0 Å². The topological polar surface area (TPSA) is 41.4 Å². The molecule has 0 spiro atoms. The van der Waals surface area contributed by atoms with Crippen molar-refractivity contribution in [1.82, 2.24) is 19.4 Å². The molecule has 0 N–H and O–H groups in total. The Balaban J connectivity index is 1.46. The second-order valence-corrected chi connectivity index (χ2v) is 8.44. The van der Waals surface area contributed by atoms with E-state index in [4.69, 9.17) is 4.98 Å². The zero-order valence-corrected chi connectivity index (χ0v) is 16.9. The minimum Gasteiger partial charge on any atom is -0.353 e. The van der Waals surface area contributed by atoms with Gasteiger partial charge in [-0.15, -0.1) is 11.3 Å². The maximum absolute atomic E-state index is 13.0. The summed E-state index contributed by atoms with van der Waals surface area (Å²) in [6.45, 7) is 3.50. The molecule has 1 aromatic carbocycles. The van der Waals surface area contributed by atoms with Gasteiger partial charge in [0.15, 0.2) is 0 Å². The largest absolute Gasteiger partial charge is 0.353 e. The van der Waals surface area contributed by atoms with E-state index in [2.05, 4.69) is 47.8 Å². The van der Waals surface area contributed by atoms with Crippen molar-refractivity contribution < 1.29 is 4.79 Å². The fourth-order valence-electron chi connectivity index (χ4n) is 3.91. The quantitative estimate of drug-likeness (QED) is 0.670. The third-order valence-corrected chi connectivity index (χ3v) is 6.88. The van der Waals surface area contributed by atoms with E-state index in [9.17, 15) is 4.79 Å². The molecule has 2 aromatic heterocycles. The summed E-state index contributed by atoms with van der Waals surface area (Å²) in [5.41, 5.74) is 2.30. The van der Waals surface area contributed by atoms with E-state index >= 15 is 0 Å². The van der Waals surface area contributed by atoms with E-state index in [-0.39, 0.29) is 11.9 Å². The third-order valence-electron chi connectivity index (χ3n) is 5.67. The van der Waals surface area contributed by atoms with Crippen LogP contribution in [0.15, 0.2) is 42.6 Å². The number of nitrogens with zero attached hydrogens (tertiary/aromatic N) is 4. The molecule has 1 aliphatic rings. The Bertz CT molecular complexity index is 913. The average Bonchev–Trinajstić information content (AvgIpc) is 3.39. The van der Waals surface area contributed by atoms with Crippen LogP contribution in [0.3, 0.4) is 0 Å². The number of likely N-dealkylation sites (tertiary alicyclic amines) is 1. The summed E-state index contributed by atoms with van der Waals surface area (Å²) in [5, 5.41) is 0.993. The molecule has 5 nitrogen and oxygen atoms in total. The Hall–Kier alpha value is -2.18. The van der Waals surface area contributed by atoms with Crippen molar-refractivity contribution in [2.75, 3.05) is 20.1 Å². The smallest absolute Gasteiger partial charge is 0.237 e. The molecule has 27 heavy (non-hydrogen) atoms. The van der Waals surface area contributed by atoms with Crippen molar-refractivity contribution in [3.8, 4) is 0 Å². The van der Waals surface area contributed by atoms with E-state index in [0.29, 0.717) is 12.6 Å². The lowest BCUT2D eigenvalue weighted by atomic mass is 10.1. The lowest BCUT2D eigenvalue weighted by molar-refractivity contribution is -0.133. The number of carbonyl (C=O) groups is 1. The van der Waals surface area contributed by atoms with Gasteiger partial charge in [-0.2, -0.15) is 0 Å². The predicted molar refractivity (Wildman–Crippen MR) is 110 cm³/mol. The molecule has 1 amide bonds. The number of hydrogen-bond donors (Lipinski definition) is 0. The first-order valence-corrected chi connectivity index (χ1v) is 10.3. The molecule has 1 saturated heterocycles. The molecule has 2 unspecified atom stereocenters. The molecule has 0 aliphatic carbocycles. The lowest BCUT2D eigenvalue weighted by Crippen LogP contribution is -2.39. The van der Waals surface area contributed by atoms with Crippen LogP contribution in [0.25, 0.3) is 10.2 Å². The van der Waals surface area contributed by atoms with Crippen LogP contribution in [-0.4, -0.2) is 45.4 Å². The van der Waals surface area contributed by atoms with Crippen LogP contribution >= 0.6 is 11.3 Å². The van der Waals surface area contributed by atoms with E-state index in [1.54, 1.807) is 11.3 Å². The van der Waals surface area contributed by atoms with Gasteiger partial charge in [-0.25, -0.2) is 4.98 Å². The Kier molecular flexibility index (Phi) is 5.02. The van der Waals surface area contributed by atoms with Crippen molar-refractivity contribution in [2.45, 2.75) is 31.8 Å². The van der Waals surface area contributed by atoms with Crippen LogP contribution in [-0.2, 0) is 11.8 Å². The summed E-state index contributed by atoms with van der Waals surface area (Å²) in [6, 6.07) is 12.7. The van der Waals surface area contributed by atoms with Crippen LogP contribution in [0.5, 0.6) is 0 Å². The van der Waals surface area contributed by atoms with Gasteiger partial charge in [0, 0.05) is 26.0 Å². The van der Waals surface area contributed by atoms with Gasteiger partial charge in [-0.05, 0) is 50.6 Å². The van der Waals surface area contributed by atoms with Crippen LogP contribution in [0.4, 0.5) is 0 Å². The van der Waals surface area contributed by atoms with Crippen molar-refractivity contribution in [3.63, 3.8) is 0 Å². The van der Waals surface area contributed by atoms with Gasteiger partial charge in [0.05, 0.1) is 28.8 Å². The number of hydrogen-bond acceptors (Lipinski definition) is 4. The second kappa shape index (κ2) is 7.44. The predicted octanol–water partition coefficient (Wildman–Crippen LogP) is 3.99. The molecule has 1 aliphatic heterocycles. The summed E-state index contributed by atoms with van der Waals surface area (Å²) in [5.74, 6) is 0.155. The highest BCUT2D eigenvalue weighted by Crippen LogP contribution is 2.33. The number of amides is 1. The Labute approximate surface area is 164 Å². The molecule has 0 radical (unpaired) electrons. The minimum absolute atomic E-state index is 0.0222. The molecule has 3 heterocycles. The SMILES string of the molecule is CC(c1nc2ccccc2s1)N(C)C(=O)CN1CCCC1c1cccn1C. The van der Waals surface area contributed by atoms with Crippen LogP contribution in [0.2, 0.25) is 0 Å². The van der Waals surface area contributed by atoms with Crippen molar-refractivity contribution in [3.05, 3.63) is 53.3 Å². The number of benzene rings is 1. The van der Waals surface area contributed by atoms with E-state index < -0.39 is 0 Å². The fraction of sp³-hybridized carbons (Fsp3) is 0.429. The van der Waals surface area contributed by atoms with Crippen LogP contribution in [0.1, 0.15) is 42.6 Å². The number of carbonyl (C=O) groups excluding carboxylic acids is 1. The number of rotatable bonds is 5. The monoisotopic (exact) mass is 382 g/mol. The van der Waals surface area contributed by atoms with E-state index in [1.165, 1.54) is 10.4 Å². The maximum atomic E-state index is 13.0. The van der Waals surface area contributed by atoms with Crippen molar-refractivity contribution in [1.29, 1.82) is 0 Å². The van der Waals surface area contributed by atoms with Gasteiger partial charge in [-0.1, -0.05) is 12.1 Å². The first kappa shape index (κ1) is 18.2. The van der Waals surface area contributed by atoms with Gasteiger partial charge in [0.2, 0.25) is 5.91 Å². The zero-order valence-electron chi connectivity index (χ0n) is 16.1. The van der Waals surface area contributed by atoms with Gasteiger partial charge in [0.25, 0.3) is 0 Å².